The minimum Gasteiger partial charge on any atom is -0.340 e. The molecule has 2 aliphatic heterocycles. The van der Waals surface area contributed by atoms with Crippen LogP contribution in [0.25, 0.3) is 0 Å². The second-order valence-electron chi connectivity index (χ2n) is 11.2. The molecule has 0 fully saturated rings. The molecule has 50 heavy (non-hydrogen) atoms. The van der Waals surface area contributed by atoms with Crippen LogP contribution in [0.1, 0.15) is 18.4 Å². The molecule has 0 radical (unpaired) electrons. The van der Waals surface area contributed by atoms with Crippen LogP contribution >= 0.6 is 59.1 Å². The van der Waals surface area contributed by atoms with Crippen molar-refractivity contribution in [1.82, 2.24) is 4.72 Å². The van der Waals surface area contributed by atoms with Crippen LogP contribution in [0.2, 0.25) is 10.0 Å². The SMILES string of the molecule is Cl.N#Cc1ccc(S(=O)(=O)NCCCN2c3ccccc3Sc3ccc(Cl)cc32)cc1.NCCCN1c2ccccc2Sc2ccc(Cl)cc21. The highest BCUT2D eigenvalue weighted by molar-refractivity contribution is 8.00. The first kappa shape index (κ1) is 37.9. The van der Waals surface area contributed by atoms with E-state index in [-0.39, 0.29) is 17.3 Å². The molecule has 7 nitrogen and oxygen atoms in total. The van der Waals surface area contributed by atoms with E-state index in [9.17, 15) is 8.42 Å². The lowest BCUT2D eigenvalue weighted by Gasteiger charge is -2.33. The Morgan fingerprint density at radius 3 is 1.66 bits per heavy atom. The summed E-state index contributed by atoms with van der Waals surface area (Å²) in [6.45, 7) is 2.55. The van der Waals surface area contributed by atoms with Gasteiger partial charge in [-0.3, -0.25) is 0 Å². The van der Waals surface area contributed by atoms with E-state index in [4.69, 9.17) is 34.2 Å². The van der Waals surface area contributed by atoms with Gasteiger partial charge in [0, 0.05) is 49.3 Å². The van der Waals surface area contributed by atoms with E-state index >= 15 is 0 Å². The maximum atomic E-state index is 12.5. The second-order valence-corrected chi connectivity index (χ2v) is 16.0. The highest BCUT2D eigenvalue weighted by Crippen LogP contribution is 2.50. The highest BCUT2D eigenvalue weighted by Gasteiger charge is 2.24. The number of para-hydroxylation sites is 2. The largest absolute Gasteiger partial charge is 0.340 e. The molecule has 0 saturated heterocycles. The summed E-state index contributed by atoms with van der Waals surface area (Å²) >= 11 is 15.9. The van der Waals surface area contributed by atoms with Crippen LogP contribution in [-0.2, 0) is 10.0 Å². The number of sulfonamides is 1. The Hall–Kier alpha value is -3.37. The molecule has 258 valence electrons. The van der Waals surface area contributed by atoms with Crippen LogP contribution < -0.4 is 20.3 Å². The zero-order valence-corrected chi connectivity index (χ0v) is 31.5. The van der Waals surface area contributed by atoms with E-state index in [1.165, 1.54) is 45.4 Å². The fourth-order valence-corrected chi connectivity index (χ4v) is 9.13. The Balaban J connectivity index is 0.000000209. The molecule has 0 bridgehead atoms. The molecular formula is C37H34Cl3N5O2S3. The third-order valence-corrected chi connectivity index (χ3v) is 12.1. The lowest BCUT2D eigenvalue weighted by molar-refractivity contribution is 0.579. The van der Waals surface area contributed by atoms with E-state index < -0.39 is 10.0 Å². The zero-order chi connectivity index (χ0) is 34.4. The van der Waals surface area contributed by atoms with Gasteiger partial charge in [-0.1, -0.05) is 71.0 Å². The standard InChI is InChI=1S/C22H18ClN3O2S2.C15H15ClN2S.ClH/c23-17-8-11-22-20(14-17)26(19-4-1-2-5-21(19)29-22)13-3-12-25-30(27,28)18-9-6-16(15-24)7-10-18;16-11-6-7-15-13(10-11)18(9-3-8-17)12-4-1-2-5-14(12)19-15;/h1-2,4-11,14,25H,3,12-13H2;1-2,4-7,10H,3,8-9,17H2;1H. The first-order chi connectivity index (χ1) is 23.8. The average Bonchev–Trinajstić information content (AvgIpc) is 3.12. The molecule has 2 aliphatic rings. The molecule has 0 aromatic heterocycles. The number of hydrogen-bond acceptors (Lipinski definition) is 8. The van der Waals surface area contributed by atoms with Crippen molar-refractivity contribution in [1.29, 1.82) is 5.26 Å². The van der Waals surface area contributed by atoms with Gasteiger partial charge in [0.15, 0.2) is 0 Å². The predicted octanol–water partition coefficient (Wildman–Crippen LogP) is 9.90. The normalized spacial score (nSPS) is 12.6. The van der Waals surface area contributed by atoms with Crippen molar-refractivity contribution in [2.45, 2.75) is 37.3 Å². The third-order valence-electron chi connectivity index (χ3n) is 7.91. The van der Waals surface area contributed by atoms with Crippen molar-refractivity contribution < 1.29 is 8.42 Å². The van der Waals surface area contributed by atoms with Crippen LogP contribution in [-0.4, -0.2) is 34.6 Å². The summed E-state index contributed by atoms with van der Waals surface area (Å²) in [5, 5.41) is 10.3. The van der Waals surface area contributed by atoms with Gasteiger partial charge in [0.25, 0.3) is 0 Å². The summed E-state index contributed by atoms with van der Waals surface area (Å²) in [7, 11) is -3.62. The van der Waals surface area contributed by atoms with E-state index in [0.717, 1.165) is 39.2 Å². The number of anilines is 4. The fraction of sp³-hybridized carbons (Fsp3) is 0.162. The first-order valence-corrected chi connectivity index (χ1v) is 19.5. The number of nitriles is 1. The number of nitrogens with one attached hydrogen (secondary N) is 1. The Morgan fingerprint density at radius 2 is 1.16 bits per heavy atom. The monoisotopic (exact) mass is 781 g/mol. The van der Waals surface area contributed by atoms with Crippen LogP contribution in [0.4, 0.5) is 22.7 Å². The van der Waals surface area contributed by atoms with Gasteiger partial charge < -0.3 is 15.5 Å². The van der Waals surface area contributed by atoms with E-state index in [0.29, 0.717) is 36.6 Å². The van der Waals surface area contributed by atoms with Crippen LogP contribution in [0.3, 0.4) is 0 Å². The summed E-state index contributed by atoms with van der Waals surface area (Å²) in [5.41, 5.74) is 10.6. The fourth-order valence-electron chi connectivity index (χ4n) is 5.57. The molecule has 0 aliphatic carbocycles. The van der Waals surface area contributed by atoms with E-state index in [1.807, 2.05) is 48.5 Å². The van der Waals surface area contributed by atoms with E-state index in [1.54, 1.807) is 23.5 Å². The van der Waals surface area contributed by atoms with Gasteiger partial charge in [0.2, 0.25) is 10.0 Å². The number of nitrogens with two attached hydrogens (primary N) is 1. The maximum Gasteiger partial charge on any atom is 0.240 e. The number of hydrogen-bond donors (Lipinski definition) is 2. The molecule has 0 atom stereocenters. The quantitative estimate of drug-likeness (QED) is 0.143. The van der Waals surface area contributed by atoms with Gasteiger partial charge in [0.1, 0.15) is 0 Å². The van der Waals surface area contributed by atoms with Gasteiger partial charge in [-0.15, -0.1) is 12.4 Å². The zero-order valence-electron chi connectivity index (χ0n) is 26.8. The molecule has 5 aromatic carbocycles. The number of halogens is 3. The van der Waals surface area contributed by atoms with Gasteiger partial charge in [-0.25, -0.2) is 13.1 Å². The third kappa shape index (κ3) is 8.73. The van der Waals surface area contributed by atoms with Crippen molar-refractivity contribution in [2.24, 2.45) is 5.73 Å². The molecule has 0 amide bonds. The molecule has 0 saturated carbocycles. The molecule has 13 heteroatoms. The molecular weight excluding hydrogens is 749 g/mol. The van der Waals surface area contributed by atoms with Crippen LogP contribution in [0.15, 0.2) is 134 Å². The average molecular weight is 783 g/mol. The van der Waals surface area contributed by atoms with Gasteiger partial charge in [-0.05, 0) is 104 Å². The van der Waals surface area contributed by atoms with Crippen molar-refractivity contribution in [2.75, 3.05) is 36.0 Å². The van der Waals surface area contributed by atoms with Gasteiger partial charge >= 0.3 is 0 Å². The smallest absolute Gasteiger partial charge is 0.240 e. The molecule has 0 spiro atoms. The molecule has 0 unspecified atom stereocenters. The van der Waals surface area contributed by atoms with Crippen molar-refractivity contribution in [3.05, 3.63) is 125 Å². The Bertz CT molecular complexity index is 2110. The predicted molar refractivity (Wildman–Crippen MR) is 210 cm³/mol. The van der Waals surface area contributed by atoms with Crippen LogP contribution in [0, 0.1) is 11.3 Å². The topological polar surface area (TPSA) is 102 Å². The summed E-state index contributed by atoms with van der Waals surface area (Å²) in [5.74, 6) is 0. The van der Waals surface area contributed by atoms with E-state index in [2.05, 4.69) is 57.0 Å². The van der Waals surface area contributed by atoms with Gasteiger partial charge in [-0.2, -0.15) is 5.26 Å². The van der Waals surface area contributed by atoms with Crippen LogP contribution in [0.5, 0.6) is 0 Å². The summed E-state index contributed by atoms with van der Waals surface area (Å²) in [6.07, 6.45) is 1.57. The molecule has 7 rings (SSSR count). The maximum absolute atomic E-state index is 12.5. The first-order valence-electron chi connectivity index (χ1n) is 15.7. The summed E-state index contributed by atoms with van der Waals surface area (Å²) in [4.78, 5) is 9.47. The summed E-state index contributed by atoms with van der Waals surface area (Å²) < 4.78 is 27.6. The number of fused-ring (bicyclic) bond motifs is 4. The number of nitrogens with zero attached hydrogens (tertiary/aromatic N) is 3. The minimum atomic E-state index is -3.62. The lowest BCUT2D eigenvalue weighted by atomic mass is 10.2. The Kier molecular flexibility index (Phi) is 13.1. The molecule has 3 N–H and O–H groups in total. The van der Waals surface area contributed by atoms with Gasteiger partial charge in [0.05, 0.1) is 39.3 Å². The minimum absolute atomic E-state index is 0. The number of rotatable bonds is 9. The number of benzene rings is 5. The van der Waals surface area contributed by atoms with Crippen molar-refractivity contribution in [3.8, 4) is 6.07 Å². The molecule has 2 heterocycles. The lowest BCUT2D eigenvalue weighted by Crippen LogP contribution is -2.29. The van der Waals surface area contributed by atoms with Crippen molar-refractivity contribution in [3.63, 3.8) is 0 Å². The molecule has 5 aromatic rings. The second kappa shape index (κ2) is 17.2. The van der Waals surface area contributed by atoms with Crippen molar-refractivity contribution >= 4 is 91.9 Å². The highest BCUT2D eigenvalue weighted by atomic mass is 35.5. The Labute approximate surface area is 318 Å². The Morgan fingerprint density at radius 1 is 0.680 bits per heavy atom. The summed E-state index contributed by atoms with van der Waals surface area (Å²) in [6, 6.07) is 36.4.